The average molecular weight is 333 g/mol. The molecule has 5 nitrogen and oxygen atoms in total. The van der Waals surface area contributed by atoms with Crippen LogP contribution < -0.4 is 5.32 Å². The molecule has 4 rings (SSSR count). The first kappa shape index (κ1) is 15.8. The number of allylic oxidation sites excluding steroid dienone is 2. The van der Waals surface area contributed by atoms with Crippen LogP contribution in [0.25, 0.3) is 11.0 Å². The number of H-pyrrole nitrogens is 1. The Labute approximate surface area is 147 Å². The summed E-state index contributed by atoms with van der Waals surface area (Å²) >= 11 is 0. The molecule has 2 heterocycles. The van der Waals surface area contributed by atoms with Crippen molar-refractivity contribution in [2.75, 3.05) is 5.32 Å². The van der Waals surface area contributed by atoms with Gasteiger partial charge in [-0.3, -0.25) is 5.10 Å². The third-order valence-electron chi connectivity index (χ3n) is 4.97. The van der Waals surface area contributed by atoms with E-state index in [1.807, 2.05) is 0 Å². The van der Waals surface area contributed by atoms with Gasteiger partial charge in [0.05, 0.1) is 11.6 Å². The third kappa shape index (κ3) is 3.87. The molecule has 25 heavy (non-hydrogen) atoms. The highest BCUT2D eigenvalue weighted by Gasteiger charge is 2.20. The first-order chi connectivity index (χ1) is 12.4. The molecule has 0 saturated heterocycles. The number of nitrogens with zero attached hydrogens (tertiary/aromatic N) is 3. The van der Waals surface area contributed by atoms with E-state index in [0.29, 0.717) is 12.0 Å². The van der Waals surface area contributed by atoms with Crippen LogP contribution in [0.15, 0.2) is 55.0 Å². The van der Waals surface area contributed by atoms with Crippen molar-refractivity contribution in [1.29, 1.82) is 0 Å². The highest BCUT2D eigenvalue weighted by Crippen LogP contribution is 2.28. The molecular weight excluding hydrogens is 310 g/mol. The maximum Gasteiger partial charge on any atom is 0.160 e. The number of hydrogen-bond donors (Lipinski definition) is 2. The van der Waals surface area contributed by atoms with E-state index >= 15 is 0 Å². The zero-order valence-electron chi connectivity index (χ0n) is 14.2. The summed E-state index contributed by atoms with van der Waals surface area (Å²) in [6, 6.07) is 11.1. The lowest BCUT2D eigenvalue weighted by Gasteiger charge is -2.28. The molecular formula is C20H23N5. The molecule has 0 unspecified atom stereocenters. The van der Waals surface area contributed by atoms with Crippen LogP contribution in [-0.2, 0) is 6.42 Å². The largest absolute Gasteiger partial charge is 0.367 e. The summed E-state index contributed by atoms with van der Waals surface area (Å²) in [5, 5.41) is 11.5. The quantitative estimate of drug-likeness (QED) is 0.689. The fourth-order valence-electron chi connectivity index (χ4n) is 3.54. The maximum atomic E-state index is 4.38. The molecule has 1 saturated carbocycles. The lowest BCUT2D eigenvalue weighted by atomic mass is 9.85. The highest BCUT2D eigenvalue weighted by atomic mass is 15.2. The van der Waals surface area contributed by atoms with Crippen molar-refractivity contribution >= 4 is 16.9 Å². The topological polar surface area (TPSA) is 66.5 Å². The minimum absolute atomic E-state index is 0.478. The second kappa shape index (κ2) is 7.47. The van der Waals surface area contributed by atoms with E-state index in [2.05, 4.69) is 68.0 Å². The molecule has 0 spiro atoms. The van der Waals surface area contributed by atoms with E-state index < -0.39 is 0 Å². The molecule has 1 aromatic carbocycles. The van der Waals surface area contributed by atoms with Crippen LogP contribution in [0.3, 0.4) is 0 Å². The van der Waals surface area contributed by atoms with Gasteiger partial charge in [-0.15, -0.1) is 0 Å². The first-order valence-electron chi connectivity index (χ1n) is 8.99. The number of benzene rings is 1. The fourth-order valence-corrected chi connectivity index (χ4v) is 3.54. The van der Waals surface area contributed by atoms with Crippen LogP contribution in [0.4, 0.5) is 5.82 Å². The van der Waals surface area contributed by atoms with Gasteiger partial charge in [0.2, 0.25) is 0 Å². The molecule has 3 aromatic rings. The van der Waals surface area contributed by atoms with Crippen molar-refractivity contribution in [2.24, 2.45) is 5.92 Å². The van der Waals surface area contributed by atoms with Gasteiger partial charge < -0.3 is 5.32 Å². The van der Waals surface area contributed by atoms with Gasteiger partial charge in [0.1, 0.15) is 12.1 Å². The molecule has 1 aliphatic carbocycles. The molecule has 0 aliphatic heterocycles. The van der Waals surface area contributed by atoms with Crippen LogP contribution in [0, 0.1) is 5.92 Å². The number of anilines is 1. The van der Waals surface area contributed by atoms with E-state index in [0.717, 1.165) is 23.3 Å². The molecule has 0 radical (unpaired) electrons. The minimum atomic E-state index is 0.478. The van der Waals surface area contributed by atoms with Gasteiger partial charge in [0.25, 0.3) is 0 Å². The van der Waals surface area contributed by atoms with E-state index in [1.165, 1.54) is 31.2 Å². The van der Waals surface area contributed by atoms with Gasteiger partial charge in [-0.1, -0.05) is 42.5 Å². The fraction of sp³-hybridized carbons (Fsp3) is 0.350. The number of aromatic amines is 1. The molecule has 5 heteroatoms. The zero-order chi connectivity index (χ0) is 16.9. The number of nitrogens with one attached hydrogen (secondary N) is 2. The molecule has 1 aliphatic rings. The maximum absolute atomic E-state index is 4.38. The monoisotopic (exact) mass is 333 g/mol. The molecule has 0 atom stereocenters. The van der Waals surface area contributed by atoms with E-state index in [9.17, 15) is 0 Å². The van der Waals surface area contributed by atoms with Gasteiger partial charge >= 0.3 is 0 Å². The Hall–Kier alpha value is -2.69. The first-order valence-corrected chi connectivity index (χ1v) is 8.99. The Morgan fingerprint density at radius 2 is 1.92 bits per heavy atom. The Balaban J connectivity index is 1.29. The second-order valence-corrected chi connectivity index (χ2v) is 6.73. The van der Waals surface area contributed by atoms with Crippen LogP contribution >= 0.6 is 0 Å². The Morgan fingerprint density at radius 1 is 1.08 bits per heavy atom. The van der Waals surface area contributed by atoms with Crippen molar-refractivity contribution in [3.8, 4) is 0 Å². The summed E-state index contributed by atoms with van der Waals surface area (Å²) in [7, 11) is 0. The molecule has 128 valence electrons. The summed E-state index contributed by atoms with van der Waals surface area (Å²) in [6.45, 7) is 0. The van der Waals surface area contributed by atoms with Crippen molar-refractivity contribution in [3.63, 3.8) is 0 Å². The normalized spacial score (nSPS) is 21.0. The molecule has 1 fully saturated rings. The Kier molecular flexibility index (Phi) is 4.72. The van der Waals surface area contributed by atoms with E-state index in [4.69, 9.17) is 0 Å². The summed E-state index contributed by atoms with van der Waals surface area (Å²) in [5.74, 6) is 1.59. The number of hydrogen-bond acceptors (Lipinski definition) is 4. The average Bonchev–Trinajstić information content (AvgIpc) is 3.14. The predicted molar refractivity (Wildman–Crippen MR) is 100 cm³/mol. The Bertz CT molecular complexity index is 831. The van der Waals surface area contributed by atoms with Gasteiger partial charge in [0, 0.05) is 6.04 Å². The van der Waals surface area contributed by atoms with Gasteiger partial charge in [-0.2, -0.15) is 5.10 Å². The molecule has 2 aromatic heterocycles. The SMILES string of the molecule is C(=CC1CCC(Nc2ncnc3[nH]ncc23)CC1)Cc1ccccc1. The number of fused-ring (bicyclic) bond motifs is 1. The van der Waals surface area contributed by atoms with E-state index in [1.54, 1.807) is 12.5 Å². The second-order valence-electron chi connectivity index (χ2n) is 6.73. The predicted octanol–water partition coefficient (Wildman–Crippen LogP) is 4.12. The summed E-state index contributed by atoms with van der Waals surface area (Å²) in [5.41, 5.74) is 2.16. The van der Waals surface area contributed by atoms with Crippen LogP contribution in [0.5, 0.6) is 0 Å². The lowest BCUT2D eigenvalue weighted by molar-refractivity contribution is 0.390. The number of aromatic nitrogens is 4. The zero-order valence-corrected chi connectivity index (χ0v) is 14.2. The Morgan fingerprint density at radius 3 is 2.76 bits per heavy atom. The van der Waals surface area contributed by atoms with Crippen LogP contribution in [-0.4, -0.2) is 26.2 Å². The summed E-state index contributed by atoms with van der Waals surface area (Å²) in [4.78, 5) is 8.57. The standard InChI is InChI=1S/C20H23N5/c1-2-5-15(6-3-1)7-4-8-16-9-11-17(12-10-16)24-19-18-13-23-25-20(18)22-14-21-19/h1-6,8,13-14,16-17H,7,9-12H2,(H2,21,22,23,24,25). The van der Waals surface area contributed by atoms with E-state index in [-0.39, 0.29) is 0 Å². The third-order valence-corrected chi connectivity index (χ3v) is 4.97. The highest BCUT2D eigenvalue weighted by molar-refractivity contribution is 5.85. The van der Waals surface area contributed by atoms with Gasteiger partial charge in [0.15, 0.2) is 5.65 Å². The van der Waals surface area contributed by atoms with Crippen molar-refractivity contribution < 1.29 is 0 Å². The lowest BCUT2D eigenvalue weighted by Crippen LogP contribution is -2.26. The van der Waals surface area contributed by atoms with Gasteiger partial charge in [-0.25, -0.2) is 9.97 Å². The van der Waals surface area contributed by atoms with Crippen LogP contribution in [0.2, 0.25) is 0 Å². The summed E-state index contributed by atoms with van der Waals surface area (Å²) < 4.78 is 0. The number of rotatable bonds is 5. The van der Waals surface area contributed by atoms with Crippen LogP contribution in [0.1, 0.15) is 31.2 Å². The molecule has 0 bridgehead atoms. The smallest absolute Gasteiger partial charge is 0.160 e. The summed E-state index contributed by atoms with van der Waals surface area (Å²) in [6.07, 6.45) is 13.9. The van der Waals surface area contributed by atoms with Gasteiger partial charge in [-0.05, 0) is 43.6 Å². The van der Waals surface area contributed by atoms with Crippen molar-refractivity contribution in [3.05, 3.63) is 60.6 Å². The van der Waals surface area contributed by atoms with Crippen molar-refractivity contribution in [1.82, 2.24) is 20.2 Å². The molecule has 0 amide bonds. The molecule has 2 N–H and O–H groups in total. The van der Waals surface area contributed by atoms with Crippen molar-refractivity contribution in [2.45, 2.75) is 38.1 Å². The minimum Gasteiger partial charge on any atom is -0.367 e.